The van der Waals surface area contributed by atoms with Crippen LogP contribution in [0.15, 0.2) is 48.6 Å². The highest BCUT2D eigenvalue weighted by atomic mass is 16.6. The van der Waals surface area contributed by atoms with Crippen molar-refractivity contribution in [3.8, 4) is 11.8 Å². The van der Waals surface area contributed by atoms with Crippen molar-refractivity contribution in [2.45, 2.75) is 6.92 Å². The molecule has 0 fully saturated rings. The predicted molar refractivity (Wildman–Crippen MR) is 102 cm³/mol. The number of fused-ring (bicyclic) bond motifs is 1. The predicted octanol–water partition coefficient (Wildman–Crippen LogP) is 3.24. The minimum atomic E-state index is -0.411. The molecular formula is C21H23NO5. The van der Waals surface area contributed by atoms with Crippen molar-refractivity contribution >= 4 is 16.7 Å². The van der Waals surface area contributed by atoms with Crippen LogP contribution in [0.1, 0.15) is 12.5 Å². The first-order valence-electron chi connectivity index (χ1n) is 8.65. The topological polar surface area (TPSA) is 77.8 Å². The smallest absolute Gasteiger partial charge is 0.333 e. The molecule has 0 bridgehead atoms. The third-order valence-electron chi connectivity index (χ3n) is 3.62. The maximum Gasteiger partial charge on any atom is 0.333 e. The van der Waals surface area contributed by atoms with Crippen LogP contribution >= 0.6 is 0 Å². The number of nitrogens with zero attached hydrogens (tertiary/aromatic N) is 1. The van der Waals surface area contributed by atoms with Gasteiger partial charge in [-0.25, -0.2) is 4.79 Å². The highest BCUT2D eigenvalue weighted by Crippen LogP contribution is 2.21. The lowest BCUT2D eigenvalue weighted by molar-refractivity contribution is -0.140. The van der Waals surface area contributed by atoms with Gasteiger partial charge in [0.15, 0.2) is 0 Å². The number of hydrogen-bond donors (Lipinski definition) is 0. The van der Waals surface area contributed by atoms with Crippen LogP contribution in [0.4, 0.5) is 0 Å². The first-order chi connectivity index (χ1) is 13.1. The van der Waals surface area contributed by atoms with Crippen molar-refractivity contribution in [1.82, 2.24) is 0 Å². The van der Waals surface area contributed by atoms with Gasteiger partial charge in [-0.15, -0.1) is 0 Å². The van der Waals surface area contributed by atoms with E-state index in [0.29, 0.717) is 44.2 Å². The number of nitriles is 1. The first kappa shape index (κ1) is 20.4. The molecule has 2 aromatic carbocycles. The van der Waals surface area contributed by atoms with Crippen molar-refractivity contribution in [3.05, 3.63) is 54.1 Å². The van der Waals surface area contributed by atoms with Gasteiger partial charge < -0.3 is 18.9 Å². The Balaban J connectivity index is 1.55. The molecule has 0 heterocycles. The van der Waals surface area contributed by atoms with Crippen LogP contribution in [0.5, 0.6) is 5.75 Å². The minimum Gasteiger partial charge on any atom is -0.491 e. The van der Waals surface area contributed by atoms with Crippen LogP contribution in [0.2, 0.25) is 0 Å². The number of ether oxygens (including phenoxy) is 4. The van der Waals surface area contributed by atoms with Gasteiger partial charge in [0, 0.05) is 5.57 Å². The second kappa shape index (κ2) is 11.0. The molecule has 0 radical (unpaired) electrons. The third-order valence-corrected chi connectivity index (χ3v) is 3.62. The normalized spacial score (nSPS) is 10.4. The van der Waals surface area contributed by atoms with Crippen LogP contribution < -0.4 is 4.74 Å². The SMILES string of the molecule is C=C(C)C(=O)OCCOCCOCCOc1ccc2cc(C#N)ccc2c1. The highest BCUT2D eigenvalue weighted by Gasteiger charge is 2.02. The molecule has 0 saturated heterocycles. The molecule has 2 aromatic rings. The largest absolute Gasteiger partial charge is 0.491 e. The second-order valence-electron chi connectivity index (χ2n) is 5.82. The maximum atomic E-state index is 11.1. The van der Waals surface area contributed by atoms with Gasteiger partial charge >= 0.3 is 5.97 Å². The maximum absolute atomic E-state index is 11.1. The average molecular weight is 369 g/mol. The summed E-state index contributed by atoms with van der Waals surface area (Å²) in [6.07, 6.45) is 0. The van der Waals surface area contributed by atoms with Gasteiger partial charge in [-0.3, -0.25) is 0 Å². The Morgan fingerprint density at radius 2 is 1.59 bits per heavy atom. The fourth-order valence-corrected chi connectivity index (χ4v) is 2.24. The van der Waals surface area contributed by atoms with E-state index in [1.807, 2.05) is 30.3 Å². The summed E-state index contributed by atoms with van der Waals surface area (Å²) in [4.78, 5) is 11.1. The summed E-state index contributed by atoms with van der Waals surface area (Å²) in [6, 6.07) is 13.4. The van der Waals surface area contributed by atoms with Crippen LogP contribution in [0, 0.1) is 11.3 Å². The summed E-state index contributed by atoms with van der Waals surface area (Å²) < 4.78 is 21.3. The van der Waals surface area contributed by atoms with Gasteiger partial charge in [0.2, 0.25) is 0 Å². The monoisotopic (exact) mass is 369 g/mol. The Morgan fingerprint density at radius 1 is 0.963 bits per heavy atom. The van der Waals surface area contributed by atoms with Crippen LogP contribution in [0.25, 0.3) is 10.8 Å². The molecule has 0 aliphatic heterocycles. The standard InChI is InChI=1S/C21H23NO5/c1-16(2)21(23)27-12-10-25-8-7-24-9-11-26-20-6-5-18-13-17(15-22)3-4-19(18)14-20/h3-6,13-14H,1,7-12H2,2H3. The number of carbonyl (C=O) groups is 1. The van der Waals surface area contributed by atoms with E-state index in [1.165, 1.54) is 0 Å². The van der Waals surface area contributed by atoms with E-state index in [0.717, 1.165) is 16.5 Å². The van der Waals surface area contributed by atoms with Crippen molar-refractivity contribution in [3.63, 3.8) is 0 Å². The quantitative estimate of drug-likeness (QED) is 0.344. The molecule has 0 spiro atoms. The van der Waals surface area contributed by atoms with Gasteiger partial charge in [-0.2, -0.15) is 5.26 Å². The van der Waals surface area contributed by atoms with E-state index >= 15 is 0 Å². The molecule has 0 N–H and O–H groups in total. The van der Waals surface area contributed by atoms with Gasteiger partial charge in [0.05, 0.1) is 38.1 Å². The van der Waals surface area contributed by atoms with E-state index in [2.05, 4.69) is 12.6 Å². The Morgan fingerprint density at radius 3 is 2.30 bits per heavy atom. The molecule has 27 heavy (non-hydrogen) atoms. The molecule has 6 heteroatoms. The van der Waals surface area contributed by atoms with Crippen LogP contribution in [-0.4, -0.2) is 45.6 Å². The summed E-state index contributed by atoms with van der Waals surface area (Å²) >= 11 is 0. The summed E-state index contributed by atoms with van der Waals surface area (Å²) in [7, 11) is 0. The fraction of sp³-hybridized carbons (Fsp3) is 0.333. The molecule has 6 nitrogen and oxygen atoms in total. The summed E-state index contributed by atoms with van der Waals surface area (Å²) in [5, 5.41) is 10.9. The highest BCUT2D eigenvalue weighted by molar-refractivity contribution is 5.87. The second-order valence-corrected chi connectivity index (χ2v) is 5.82. The zero-order chi connectivity index (χ0) is 19.5. The molecule has 0 unspecified atom stereocenters. The van der Waals surface area contributed by atoms with E-state index in [4.69, 9.17) is 24.2 Å². The first-order valence-corrected chi connectivity index (χ1v) is 8.65. The molecule has 2 rings (SSSR count). The molecule has 0 atom stereocenters. The van der Waals surface area contributed by atoms with Crippen LogP contribution in [0.3, 0.4) is 0 Å². The zero-order valence-corrected chi connectivity index (χ0v) is 15.4. The van der Waals surface area contributed by atoms with E-state index in [1.54, 1.807) is 13.0 Å². The summed E-state index contributed by atoms with van der Waals surface area (Å²) in [6.45, 7) is 7.35. The number of benzene rings is 2. The third kappa shape index (κ3) is 7.10. The average Bonchev–Trinajstić information content (AvgIpc) is 2.68. The lowest BCUT2D eigenvalue weighted by Crippen LogP contribution is -2.14. The number of carbonyl (C=O) groups excluding carboxylic acids is 1. The van der Waals surface area contributed by atoms with Gasteiger partial charge in [-0.05, 0) is 42.0 Å². The molecular weight excluding hydrogens is 346 g/mol. The molecule has 0 amide bonds. The minimum absolute atomic E-state index is 0.201. The molecule has 0 saturated carbocycles. The van der Waals surface area contributed by atoms with Crippen molar-refractivity contribution in [2.75, 3.05) is 39.6 Å². The zero-order valence-electron chi connectivity index (χ0n) is 15.4. The van der Waals surface area contributed by atoms with Crippen molar-refractivity contribution in [2.24, 2.45) is 0 Å². The Bertz CT molecular complexity index is 825. The summed E-state index contributed by atoms with van der Waals surface area (Å²) in [5.41, 5.74) is 1.01. The molecule has 0 aromatic heterocycles. The van der Waals surface area contributed by atoms with E-state index in [9.17, 15) is 4.79 Å². The van der Waals surface area contributed by atoms with Crippen LogP contribution in [-0.2, 0) is 19.0 Å². The summed E-state index contributed by atoms with van der Waals surface area (Å²) in [5.74, 6) is 0.345. The fourth-order valence-electron chi connectivity index (χ4n) is 2.24. The van der Waals surface area contributed by atoms with Crippen molar-refractivity contribution in [1.29, 1.82) is 5.26 Å². The molecule has 0 aliphatic rings. The Kier molecular flexibility index (Phi) is 8.30. The molecule has 142 valence electrons. The lowest BCUT2D eigenvalue weighted by atomic mass is 10.1. The van der Waals surface area contributed by atoms with Gasteiger partial charge in [0.1, 0.15) is 19.0 Å². The lowest BCUT2D eigenvalue weighted by Gasteiger charge is -2.09. The number of esters is 1. The van der Waals surface area contributed by atoms with Gasteiger partial charge in [0.25, 0.3) is 0 Å². The van der Waals surface area contributed by atoms with E-state index < -0.39 is 5.97 Å². The Labute approximate surface area is 158 Å². The van der Waals surface area contributed by atoms with Gasteiger partial charge in [-0.1, -0.05) is 18.7 Å². The molecule has 0 aliphatic carbocycles. The number of hydrogen-bond acceptors (Lipinski definition) is 6. The number of rotatable bonds is 11. The Hall–Kier alpha value is -2.88. The van der Waals surface area contributed by atoms with E-state index in [-0.39, 0.29) is 6.61 Å². The van der Waals surface area contributed by atoms with Crippen molar-refractivity contribution < 1.29 is 23.7 Å².